The van der Waals surface area contributed by atoms with Crippen LogP contribution >= 0.6 is 0 Å². The molecule has 1 heterocycles. The molecule has 0 unspecified atom stereocenters. The number of hydrogen-bond acceptors (Lipinski definition) is 4. The largest absolute Gasteiger partial charge is 0.324 e. The van der Waals surface area contributed by atoms with Crippen molar-refractivity contribution in [1.82, 2.24) is 20.2 Å². The van der Waals surface area contributed by atoms with Crippen LogP contribution in [0.4, 0.5) is 0 Å². The first-order valence-electron chi connectivity index (χ1n) is 6.45. The zero-order valence-electron chi connectivity index (χ0n) is 11.1. The van der Waals surface area contributed by atoms with Gasteiger partial charge < -0.3 is 5.73 Å². The Balaban J connectivity index is 1.90. The maximum atomic E-state index is 5.83. The van der Waals surface area contributed by atoms with Gasteiger partial charge in [-0.2, -0.15) is 0 Å². The number of nitrogens with two attached hydrogens (primary N) is 1. The van der Waals surface area contributed by atoms with Crippen molar-refractivity contribution in [2.45, 2.75) is 13.0 Å². The van der Waals surface area contributed by atoms with E-state index in [0.717, 1.165) is 16.8 Å². The van der Waals surface area contributed by atoms with Gasteiger partial charge >= 0.3 is 0 Å². The molecule has 0 saturated carbocycles. The molecule has 0 amide bonds. The van der Waals surface area contributed by atoms with Crippen LogP contribution in [-0.4, -0.2) is 20.2 Å². The zero-order valence-corrected chi connectivity index (χ0v) is 11.1. The van der Waals surface area contributed by atoms with Gasteiger partial charge in [-0.15, -0.1) is 15.0 Å². The average Bonchev–Trinajstić information content (AvgIpc) is 2.98. The Labute approximate surface area is 117 Å². The summed E-state index contributed by atoms with van der Waals surface area (Å²) < 4.78 is 0. The van der Waals surface area contributed by atoms with Gasteiger partial charge in [-0.05, 0) is 29.8 Å². The van der Waals surface area contributed by atoms with E-state index < -0.39 is 0 Å². The van der Waals surface area contributed by atoms with Crippen LogP contribution in [0.15, 0.2) is 54.6 Å². The van der Waals surface area contributed by atoms with Crippen molar-refractivity contribution in [1.29, 1.82) is 0 Å². The van der Waals surface area contributed by atoms with Crippen LogP contribution < -0.4 is 5.73 Å². The van der Waals surface area contributed by atoms with Gasteiger partial charge in [-0.3, -0.25) is 0 Å². The quantitative estimate of drug-likeness (QED) is 0.789. The zero-order chi connectivity index (χ0) is 13.9. The lowest BCUT2D eigenvalue weighted by Gasteiger charge is -2.05. The predicted octanol–water partition coefficient (Wildman–Crippen LogP) is 2.35. The highest BCUT2D eigenvalue weighted by atomic mass is 15.6. The first-order valence-corrected chi connectivity index (χ1v) is 6.45. The van der Waals surface area contributed by atoms with Gasteiger partial charge in [-0.25, -0.2) is 0 Å². The van der Waals surface area contributed by atoms with Crippen molar-refractivity contribution in [3.63, 3.8) is 0 Å². The number of hydrogen-bond donors (Lipinski definition) is 1. The van der Waals surface area contributed by atoms with Gasteiger partial charge in [0.25, 0.3) is 0 Å². The smallest absolute Gasteiger partial charge is 0.205 e. The molecule has 0 saturated heterocycles. The van der Waals surface area contributed by atoms with E-state index in [0.29, 0.717) is 5.82 Å². The van der Waals surface area contributed by atoms with E-state index in [1.165, 1.54) is 4.80 Å². The minimum absolute atomic E-state index is 0.0210. The van der Waals surface area contributed by atoms with Crippen LogP contribution in [0, 0.1) is 0 Å². The molecule has 0 fully saturated rings. The Morgan fingerprint density at radius 2 is 1.70 bits per heavy atom. The minimum Gasteiger partial charge on any atom is -0.324 e. The molecule has 0 aliphatic rings. The molecule has 0 radical (unpaired) electrons. The Bertz CT molecular complexity index is 686. The van der Waals surface area contributed by atoms with E-state index in [2.05, 4.69) is 15.4 Å². The summed E-state index contributed by atoms with van der Waals surface area (Å²) in [6, 6.07) is 17.6. The van der Waals surface area contributed by atoms with Gasteiger partial charge in [0.15, 0.2) is 0 Å². The third-order valence-corrected chi connectivity index (χ3v) is 3.10. The molecule has 5 nitrogen and oxygen atoms in total. The summed E-state index contributed by atoms with van der Waals surface area (Å²) in [5.74, 6) is 0.613. The second kappa shape index (κ2) is 5.22. The highest BCUT2D eigenvalue weighted by molar-refractivity contribution is 5.53. The van der Waals surface area contributed by atoms with Gasteiger partial charge in [0.05, 0.1) is 5.69 Å². The van der Waals surface area contributed by atoms with Gasteiger partial charge in [0, 0.05) is 11.6 Å². The van der Waals surface area contributed by atoms with E-state index in [1.54, 1.807) is 0 Å². The van der Waals surface area contributed by atoms with Crippen LogP contribution in [0.2, 0.25) is 0 Å². The molecule has 1 atom stereocenters. The molecule has 100 valence electrons. The standard InChI is InChI=1S/C15H15N5/c1-11(16)12-7-9-14(10-8-12)20-18-15(17-19-20)13-5-3-2-4-6-13/h2-11H,16H2,1H3/t11-/m0/s1. The fourth-order valence-corrected chi connectivity index (χ4v) is 1.94. The third kappa shape index (κ3) is 2.44. The highest BCUT2D eigenvalue weighted by Crippen LogP contribution is 2.15. The van der Waals surface area contributed by atoms with E-state index in [4.69, 9.17) is 5.73 Å². The second-order valence-corrected chi connectivity index (χ2v) is 4.65. The summed E-state index contributed by atoms with van der Waals surface area (Å²) in [6.45, 7) is 1.95. The fraction of sp³-hybridized carbons (Fsp3) is 0.133. The Morgan fingerprint density at radius 3 is 2.35 bits per heavy atom. The van der Waals surface area contributed by atoms with Crippen molar-refractivity contribution in [2.75, 3.05) is 0 Å². The molecule has 3 aromatic rings. The highest BCUT2D eigenvalue weighted by Gasteiger charge is 2.07. The van der Waals surface area contributed by atoms with Crippen LogP contribution in [0.25, 0.3) is 17.1 Å². The molecule has 2 aromatic carbocycles. The summed E-state index contributed by atoms with van der Waals surface area (Å²) in [7, 11) is 0. The average molecular weight is 265 g/mol. The summed E-state index contributed by atoms with van der Waals surface area (Å²) in [5, 5.41) is 12.5. The monoisotopic (exact) mass is 265 g/mol. The van der Waals surface area contributed by atoms with Crippen LogP contribution in [0.1, 0.15) is 18.5 Å². The van der Waals surface area contributed by atoms with Crippen LogP contribution in [0.5, 0.6) is 0 Å². The molecule has 0 spiro atoms. The second-order valence-electron chi connectivity index (χ2n) is 4.65. The summed E-state index contributed by atoms with van der Waals surface area (Å²) >= 11 is 0. The maximum absolute atomic E-state index is 5.83. The van der Waals surface area contributed by atoms with E-state index in [1.807, 2.05) is 61.5 Å². The molecule has 0 aliphatic carbocycles. The fourth-order valence-electron chi connectivity index (χ4n) is 1.94. The molecular formula is C15H15N5. The third-order valence-electron chi connectivity index (χ3n) is 3.10. The number of tetrazole rings is 1. The van der Waals surface area contributed by atoms with Crippen molar-refractivity contribution in [3.8, 4) is 17.1 Å². The SMILES string of the molecule is C[C@H](N)c1ccc(-n2nnc(-c3ccccc3)n2)cc1. The van der Waals surface area contributed by atoms with E-state index in [9.17, 15) is 0 Å². The number of aromatic nitrogens is 4. The molecule has 20 heavy (non-hydrogen) atoms. The lowest BCUT2D eigenvalue weighted by Crippen LogP contribution is -2.05. The first kappa shape index (κ1) is 12.5. The van der Waals surface area contributed by atoms with Crippen molar-refractivity contribution >= 4 is 0 Å². The molecular weight excluding hydrogens is 250 g/mol. The Hall–Kier alpha value is -2.53. The molecule has 3 rings (SSSR count). The number of rotatable bonds is 3. The summed E-state index contributed by atoms with van der Waals surface area (Å²) in [5.41, 5.74) is 8.73. The predicted molar refractivity (Wildman–Crippen MR) is 77.2 cm³/mol. The summed E-state index contributed by atoms with van der Waals surface area (Å²) in [6.07, 6.45) is 0. The van der Waals surface area contributed by atoms with Gasteiger partial charge in [-0.1, -0.05) is 42.5 Å². The van der Waals surface area contributed by atoms with Crippen LogP contribution in [0.3, 0.4) is 0 Å². The van der Waals surface area contributed by atoms with Gasteiger partial charge in [0.1, 0.15) is 0 Å². The molecule has 5 heteroatoms. The maximum Gasteiger partial charge on any atom is 0.205 e. The van der Waals surface area contributed by atoms with Crippen molar-refractivity contribution in [2.24, 2.45) is 5.73 Å². The topological polar surface area (TPSA) is 69.6 Å². The molecule has 2 N–H and O–H groups in total. The number of benzene rings is 2. The lowest BCUT2D eigenvalue weighted by atomic mass is 10.1. The molecule has 0 bridgehead atoms. The van der Waals surface area contributed by atoms with E-state index >= 15 is 0 Å². The normalized spacial score (nSPS) is 12.3. The number of nitrogens with zero attached hydrogens (tertiary/aromatic N) is 4. The minimum atomic E-state index is 0.0210. The van der Waals surface area contributed by atoms with E-state index in [-0.39, 0.29) is 6.04 Å². The molecule has 0 aliphatic heterocycles. The molecule has 1 aromatic heterocycles. The first-order chi connectivity index (χ1) is 9.74. The van der Waals surface area contributed by atoms with Crippen molar-refractivity contribution in [3.05, 3.63) is 60.2 Å². The summed E-state index contributed by atoms with van der Waals surface area (Å²) in [4.78, 5) is 1.52. The van der Waals surface area contributed by atoms with Gasteiger partial charge in [0.2, 0.25) is 5.82 Å². The lowest BCUT2D eigenvalue weighted by molar-refractivity contribution is 0.718. The van der Waals surface area contributed by atoms with Crippen molar-refractivity contribution < 1.29 is 0 Å². The van der Waals surface area contributed by atoms with Crippen LogP contribution in [-0.2, 0) is 0 Å². The Morgan fingerprint density at radius 1 is 1.00 bits per heavy atom. The Kier molecular flexibility index (Phi) is 3.26.